The van der Waals surface area contributed by atoms with Gasteiger partial charge in [0.2, 0.25) is 11.8 Å². The summed E-state index contributed by atoms with van der Waals surface area (Å²) in [5.74, 6) is 1.17. The molecule has 2 saturated heterocycles. The standard InChI is InChI=1S/C23H29N5O3/c1-31-16-22(29)27-11-8-18(9-12-27)13-17-4-6-20(7-5-17)28(21-3-2-10-25-26-21)23(30)19-14-24-15-19/h2-7,10,18-19,24H,8-9,11-16H2,1H3. The van der Waals surface area contributed by atoms with Crippen molar-refractivity contribution >= 4 is 23.3 Å². The van der Waals surface area contributed by atoms with E-state index in [2.05, 4.69) is 27.6 Å². The van der Waals surface area contributed by atoms with Crippen LogP contribution in [-0.4, -0.2) is 66.8 Å². The summed E-state index contributed by atoms with van der Waals surface area (Å²) in [6, 6.07) is 11.8. The molecule has 31 heavy (non-hydrogen) atoms. The molecule has 0 radical (unpaired) electrons. The average Bonchev–Trinajstić information content (AvgIpc) is 2.75. The third kappa shape index (κ3) is 5.08. The third-order valence-corrected chi connectivity index (χ3v) is 6.09. The van der Waals surface area contributed by atoms with E-state index >= 15 is 0 Å². The van der Waals surface area contributed by atoms with Gasteiger partial charge >= 0.3 is 0 Å². The van der Waals surface area contributed by atoms with Crippen molar-refractivity contribution in [3.05, 3.63) is 48.2 Å². The number of hydrogen-bond acceptors (Lipinski definition) is 6. The predicted octanol–water partition coefficient (Wildman–Crippen LogP) is 1.79. The maximum absolute atomic E-state index is 13.0. The predicted molar refractivity (Wildman–Crippen MR) is 117 cm³/mol. The van der Waals surface area contributed by atoms with Gasteiger partial charge in [0.15, 0.2) is 5.82 Å². The second-order valence-corrected chi connectivity index (χ2v) is 8.24. The fraction of sp³-hybridized carbons (Fsp3) is 0.478. The summed E-state index contributed by atoms with van der Waals surface area (Å²) in [5, 5.41) is 11.3. The van der Waals surface area contributed by atoms with Gasteiger partial charge in [-0.3, -0.25) is 14.5 Å². The molecule has 8 heteroatoms. The lowest BCUT2D eigenvalue weighted by Gasteiger charge is -2.32. The number of aromatic nitrogens is 2. The Hall–Kier alpha value is -2.84. The molecule has 0 spiro atoms. The van der Waals surface area contributed by atoms with Gasteiger partial charge in [0.05, 0.1) is 11.6 Å². The number of ether oxygens (including phenoxy) is 1. The number of hydrogen-bond donors (Lipinski definition) is 1. The van der Waals surface area contributed by atoms with E-state index < -0.39 is 0 Å². The van der Waals surface area contributed by atoms with Gasteiger partial charge < -0.3 is 15.0 Å². The van der Waals surface area contributed by atoms with Gasteiger partial charge in [-0.05, 0) is 55.0 Å². The molecule has 1 aromatic heterocycles. The van der Waals surface area contributed by atoms with Gasteiger partial charge in [-0.25, -0.2) is 0 Å². The Morgan fingerprint density at radius 2 is 1.90 bits per heavy atom. The number of nitrogens with zero attached hydrogens (tertiary/aromatic N) is 4. The van der Waals surface area contributed by atoms with E-state index in [1.807, 2.05) is 23.1 Å². The summed E-state index contributed by atoms with van der Waals surface area (Å²) in [5.41, 5.74) is 2.04. The quantitative estimate of drug-likeness (QED) is 0.731. The Kier molecular flexibility index (Phi) is 6.89. The molecule has 2 aliphatic rings. The number of carbonyl (C=O) groups is 2. The van der Waals surface area contributed by atoms with Crippen molar-refractivity contribution in [3.63, 3.8) is 0 Å². The third-order valence-electron chi connectivity index (χ3n) is 6.09. The van der Waals surface area contributed by atoms with E-state index in [1.54, 1.807) is 24.3 Å². The molecule has 8 nitrogen and oxygen atoms in total. The zero-order chi connectivity index (χ0) is 21.6. The molecule has 1 aromatic carbocycles. The van der Waals surface area contributed by atoms with E-state index in [0.29, 0.717) is 24.8 Å². The minimum Gasteiger partial charge on any atom is -0.375 e. The van der Waals surface area contributed by atoms with Crippen molar-refractivity contribution < 1.29 is 14.3 Å². The highest BCUT2D eigenvalue weighted by Gasteiger charge is 2.32. The number of piperidine rings is 1. The molecule has 2 aliphatic heterocycles. The van der Waals surface area contributed by atoms with Crippen LogP contribution in [0.25, 0.3) is 0 Å². The molecular formula is C23H29N5O3. The summed E-state index contributed by atoms with van der Waals surface area (Å²) in [7, 11) is 1.55. The van der Waals surface area contributed by atoms with Crippen LogP contribution in [0.4, 0.5) is 11.5 Å². The maximum atomic E-state index is 13.0. The first kappa shape index (κ1) is 21.4. The van der Waals surface area contributed by atoms with Crippen LogP contribution in [0.3, 0.4) is 0 Å². The second-order valence-electron chi connectivity index (χ2n) is 8.24. The molecule has 0 unspecified atom stereocenters. The van der Waals surface area contributed by atoms with Crippen molar-refractivity contribution in [2.75, 3.05) is 44.8 Å². The minimum atomic E-state index is -0.0346. The lowest BCUT2D eigenvalue weighted by atomic mass is 9.90. The van der Waals surface area contributed by atoms with E-state index in [4.69, 9.17) is 4.74 Å². The summed E-state index contributed by atoms with van der Waals surface area (Å²) in [6.07, 6.45) is 4.57. The van der Waals surface area contributed by atoms with Crippen LogP contribution < -0.4 is 10.2 Å². The summed E-state index contributed by atoms with van der Waals surface area (Å²) < 4.78 is 4.95. The largest absolute Gasteiger partial charge is 0.375 e. The Morgan fingerprint density at radius 1 is 1.16 bits per heavy atom. The smallest absolute Gasteiger partial charge is 0.248 e. The van der Waals surface area contributed by atoms with Gasteiger partial charge in [-0.15, -0.1) is 5.10 Å². The van der Waals surface area contributed by atoms with Gasteiger partial charge in [-0.1, -0.05) is 12.1 Å². The lowest BCUT2D eigenvalue weighted by molar-refractivity contribution is -0.136. The highest BCUT2D eigenvalue weighted by Crippen LogP contribution is 2.28. The minimum absolute atomic E-state index is 0.0346. The van der Waals surface area contributed by atoms with Gasteiger partial charge in [0.1, 0.15) is 6.61 Å². The molecule has 2 amide bonds. The normalized spacial score (nSPS) is 17.3. The molecule has 0 saturated carbocycles. The number of anilines is 2. The van der Waals surface area contributed by atoms with Crippen molar-refractivity contribution in [2.24, 2.45) is 11.8 Å². The number of likely N-dealkylation sites (tertiary alicyclic amines) is 1. The van der Waals surface area contributed by atoms with Gasteiger partial charge in [0.25, 0.3) is 0 Å². The Labute approximate surface area is 182 Å². The molecule has 2 fully saturated rings. The molecule has 2 aromatic rings. The lowest BCUT2D eigenvalue weighted by Crippen LogP contribution is -2.51. The molecule has 3 heterocycles. The zero-order valence-electron chi connectivity index (χ0n) is 17.9. The first-order valence-corrected chi connectivity index (χ1v) is 10.8. The summed E-state index contributed by atoms with van der Waals surface area (Å²) in [4.78, 5) is 28.6. The molecule has 0 atom stereocenters. The van der Waals surface area contributed by atoms with Crippen LogP contribution in [0.15, 0.2) is 42.6 Å². The van der Waals surface area contributed by atoms with Crippen molar-refractivity contribution in [1.29, 1.82) is 0 Å². The van der Waals surface area contributed by atoms with Crippen LogP contribution in [-0.2, 0) is 20.7 Å². The highest BCUT2D eigenvalue weighted by atomic mass is 16.5. The molecule has 0 bridgehead atoms. The Balaban J connectivity index is 1.41. The van der Waals surface area contributed by atoms with Gasteiger partial charge in [0, 0.05) is 39.5 Å². The number of methoxy groups -OCH3 is 1. The van der Waals surface area contributed by atoms with Crippen molar-refractivity contribution in [1.82, 2.24) is 20.4 Å². The number of rotatable bonds is 7. The van der Waals surface area contributed by atoms with Crippen LogP contribution in [0, 0.1) is 11.8 Å². The van der Waals surface area contributed by atoms with Crippen LogP contribution in [0.2, 0.25) is 0 Å². The topological polar surface area (TPSA) is 87.7 Å². The number of benzene rings is 1. The molecule has 0 aliphatic carbocycles. The Bertz CT molecular complexity index is 878. The van der Waals surface area contributed by atoms with Crippen molar-refractivity contribution in [3.8, 4) is 0 Å². The van der Waals surface area contributed by atoms with E-state index in [9.17, 15) is 9.59 Å². The number of amides is 2. The van der Waals surface area contributed by atoms with Crippen LogP contribution >= 0.6 is 0 Å². The van der Waals surface area contributed by atoms with Crippen molar-refractivity contribution in [2.45, 2.75) is 19.3 Å². The second kappa shape index (κ2) is 9.98. The highest BCUT2D eigenvalue weighted by molar-refractivity contribution is 6.01. The fourth-order valence-corrected chi connectivity index (χ4v) is 4.15. The summed E-state index contributed by atoms with van der Waals surface area (Å²) >= 11 is 0. The number of carbonyl (C=O) groups excluding carboxylic acids is 2. The molecular weight excluding hydrogens is 394 g/mol. The Morgan fingerprint density at radius 3 is 2.48 bits per heavy atom. The van der Waals surface area contributed by atoms with E-state index in [1.165, 1.54) is 5.56 Å². The molecule has 4 rings (SSSR count). The van der Waals surface area contributed by atoms with E-state index in [-0.39, 0.29) is 24.3 Å². The molecule has 164 valence electrons. The first-order valence-electron chi connectivity index (χ1n) is 10.8. The van der Waals surface area contributed by atoms with Crippen LogP contribution in [0.1, 0.15) is 18.4 Å². The molecule has 1 N–H and O–H groups in total. The first-order chi connectivity index (χ1) is 15.2. The zero-order valence-corrected chi connectivity index (χ0v) is 17.9. The average molecular weight is 424 g/mol. The van der Waals surface area contributed by atoms with Gasteiger partial charge in [-0.2, -0.15) is 5.10 Å². The maximum Gasteiger partial charge on any atom is 0.248 e. The van der Waals surface area contributed by atoms with E-state index in [0.717, 1.165) is 38.0 Å². The number of nitrogens with one attached hydrogen (secondary N) is 1. The van der Waals surface area contributed by atoms with Crippen LogP contribution in [0.5, 0.6) is 0 Å². The summed E-state index contributed by atoms with van der Waals surface area (Å²) in [6.45, 7) is 3.12. The fourth-order valence-electron chi connectivity index (χ4n) is 4.15. The SMILES string of the molecule is COCC(=O)N1CCC(Cc2ccc(N(C(=O)C3CNC3)c3cccnn3)cc2)CC1. The monoisotopic (exact) mass is 423 g/mol.